The molecule has 2 nitrogen and oxygen atoms in total. The average Bonchev–Trinajstić information content (AvgIpc) is 2.39. The first-order valence-corrected chi connectivity index (χ1v) is 8.16. The Labute approximate surface area is 129 Å². The van der Waals surface area contributed by atoms with Crippen LogP contribution in [0.3, 0.4) is 0 Å². The van der Waals surface area contributed by atoms with Gasteiger partial charge in [-0.25, -0.2) is 0 Å². The number of rotatable bonds is 4. The first-order valence-electron chi connectivity index (χ1n) is 6.99. The number of likely N-dealkylation sites (tertiary alicyclic amines) is 1. The van der Waals surface area contributed by atoms with E-state index in [2.05, 4.69) is 52.3 Å². The summed E-state index contributed by atoms with van der Waals surface area (Å²) in [5, 5.41) is 4.32. The fourth-order valence-electron chi connectivity index (χ4n) is 3.04. The molecule has 1 N–H and O–H groups in total. The van der Waals surface area contributed by atoms with Crippen molar-refractivity contribution < 1.29 is 0 Å². The zero-order valence-corrected chi connectivity index (χ0v) is 14.0. The Morgan fingerprint density at radius 3 is 3.00 bits per heavy atom. The van der Waals surface area contributed by atoms with Crippen LogP contribution in [-0.4, -0.2) is 31.6 Å². The number of nitrogens with one attached hydrogen (secondary N) is 1. The fourth-order valence-corrected chi connectivity index (χ4v) is 3.70. The molecule has 1 aromatic carbocycles. The molecule has 2 atom stereocenters. The first kappa shape index (κ1) is 15.3. The normalized spacial score (nSPS) is 24.6. The molecule has 0 aromatic heterocycles. The number of piperidine rings is 1. The van der Waals surface area contributed by atoms with E-state index in [0.717, 1.165) is 29.1 Å². The molecule has 0 saturated carbocycles. The van der Waals surface area contributed by atoms with Crippen LogP contribution in [0.1, 0.15) is 31.4 Å². The number of nitrogens with zero attached hydrogens (tertiary/aromatic N) is 1. The fraction of sp³-hybridized carbons (Fsp3) is 0.600. The van der Waals surface area contributed by atoms with E-state index in [1.54, 1.807) is 0 Å². The molecule has 1 saturated heterocycles. The van der Waals surface area contributed by atoms with Crippen LogP contribution >= 0.6 is 27.5 Å². The molecular weight excluding hydrogens is 324 g/mol. The summed E-state index contributed by atoms with van der Waals surface area (Å²) in [6.45, 7) is 5.43. The van der Waals surface area contributed by atoms with Crippen LogP contribution in [0.25, 0.3) is 0 Å². The predicted octanol–water partition coefficient (Wildman–Crippen LogP) is 4.09. The van der Waals surface area contributed by atoms with Gasteiger partial charge in [-0.3, -0.25) is 4.90 Å². The van der Waals surface area contributed by atoms with Crippen molar-refractivity contribution in [3.63, 3.8) is 0 Å². The Morgan fingerprint density at radius 2 is 2.26 bits per heavy atom. The summed E-state index contributed by atoms with van der Waals surface area (Å²) in [5.41, 5.74) is 1.32. The van der Waals surface area contributed by atoms with Gasteiger partial charge in [0.05, 0.1) is 0 Å². The second-order valence-electron chi connectivity index (χ2n) is 5.30. The van der Waals surface area contributed by atoms with Crippen LogP contribution < -0.4 is 5.32 Å². The Bertz CT molecular complexity index is 425. The van der Waals surface area contributed by atoms with Gasteiger partial charge in [0.25, 0.3) is 0 Å². The molecule has 4 heteroatoms. The van der Waals surface area contributed by atoms with Gasteiger partial charge in [0.15, 0.2) is 0 Å². The molecule has 1 aliphatic rings. The summed E-state index contributed by atoms with van der Waals surface area (Å²) < 4.78 is 1.16. The highest BCUT2D eigenvalue weighted by Crippen LogP contribution is 2.39. The van der Waals surface area contributed by atoms with E-state index < -0.39 is 0 Å². The van der Waals surface area contributed by atoms with Gasteiger partial charge in [-0.15, -0.1) is 0 Å². The molecule has 1 aromatic rings. The molecule has 0 bridgehead atoms. The van der Waals surface area contributed by atoms with Gasteiger partial charge in [0.1, 0.15) is 0 Å². The standard InChI is InChI=1S/C15H22BrClN2/c1-3-18-10-11-5-4-8-19(2)15(11)13-9-12(17)6-7-14(13)16/h6-7,9,11,15,18H,3-5,8,10H2,1-2H3. The minimum Gasteiger partial charge on any atom is -0.317 e. The Morgan fingerprint density at radius 1 is 1.47 bits per heavy atom. The molecular formula is C15H22BrClN2. The van der Waals surface area contributed by atoms with E-state index in [9.17, 15) is 0 Å². The van der Waals surface area contributed by atoms with Gasteiger partial charge < -0.3 is 5.32 Å². The van der Waals surface area contributed by atoms with E-state index in [4.69, 9.17) is 11.6 Å². The second-order valence-corrected chi connectivity index (χ2v) is 6.59. The maximum absolute atomic E-state index is 6.18. The van der Waals surface area contributed by atoms with Crippen LogP contribution in [0.15, 0.2) is 22.7 Å². The number of hydrogen-bond acceptors (Lipinski definition) is 2. The number of benzene rings is 1. The number of hydrogen-bond donors (Lipinski definition) is 1. The summed E-state index contributed by atoms with van der Waals surface area (Å²) in [6, 6.07) is 6.56. The minimum atomic E-state index is 0.445. The molecule has 2 rings (SSSR count). The van der Waals surface area contributed by atoms with Crippen LogP contribution in [0.2, 0.25) is 5.02 Å². The zero-order chi connectivity index (χ0) is 13.8. The lowest BCUT2D eigenvalue weighted by Gasteiger charge is -2.40. The third-order valence-corrected chi connectivity index (χ3v) is 4.90. The largest absolute Gasteiger partial charge is 0.317 e. The molecule has 0 amide bonds. The van der Waals surface area contributed by atoms with Crippen molar-refractivity contribution in [1.82, 2.24) is 10.2 Å². The van der Waals surface area contributed by atoms with Gasteiger partial charge in [0.2, 0.25) is 0 Å². The molecule has 2 unspecified atom stereocenters. The van der Waals surface area contributed by atoms with Crippen LogP contribution in [-0.2, 0) is 0 Å². The van der Waals surface area contributed by atoms with Crippen molar-refractivity contribution in [2.45, 2.75) is 25.8 Å². The molecule has 106 valence electrons. The van der Waals surface area contributed by atoms with E-state index in [0.29, 0.717) is 12.0 Å². The first-order chi connectivity index (χ1) is 9.13. The lowest BCUT2D eigenvalue weighted by atomic mass is 9.85. The zero-order valence-electron chi connectivity index (χ0n) is 11.6. The van der Waals surface area contributed by atoms with Crippen molar-refractivity contribution in [2.24, 2.45) is 5.92 Å². The highest BCUT2D eigenvalue weighted by atomic mass is 79.9. The molecule has 0 radical (unpaired) electrons. The predicted molar refractivity (Wildman–Crippen MR) is 85.8 cm³/mol. The van der Waals surface area contributed by atoms with Crippen molar-refractivity contribution in [2.75, 3.05) is 26.7 Å². The monoisotopic (exact) mass is 344 g/mol. The SMILES string of the molecule is CCNCC1CCCN(C)C1c1cc(Cl)ccc1Br. The van der Waals surface area contributed by atoms with Crippen molar-refractivity contribution in [3.05, 3.63) is 33.3 Å². The average molecular weight is 346 g/mol. The molecule has 1 aliphatic heterocycles. The minimum absolute atomic E-state index is 0.445. The Balaban J connectivity index is 2.27. The molecule has 0 aliphatic carbocycles. The van der Waals surface area contributed by atoms with Gasteiger partial charge in [-0.05, 0) is 69.2 Å². The van der Waals surface area contributed by atoms with Gasteiger partial charge in [-0.1, -0.05) is 34.5 Å². The number of halogens is 2. The molecule has 1 fully saturated rings. The Kier molecular flexibility index (Phi) is 5.70. The van der Waals surface area contributed by atoms with Crippen molar-refractivity contribution >= 4 is 27.5 Å². The smallest absolute Gasteiger partial charge is 0.0410 e. The lowest BCUT2D eigenvalue weighted by Crippen LogP contribution is -2.40. The van der Waals surface area contributed by atoms with E-state index in [-0.39, 0.29) is 0 Å². The third kappa shape index (κ3) is 3.72. The maximum Gasteiger partial charge on any atom is 0.0410 e. The summed E-state index contributed by atoms with van der Waals surface area (Å²) in [4.78, 5) is 2.46. The summed E-state index contributed by atoms with van der Waals surface area (Å²) in [5.74, 6) is 0.647. The van der Waals surface area contributed by atoms with Gasteiger partial charge in [-0.2, -0.15) is 0 Å². The maximum atomic E-state index is 6.18. The quantitative estimate of drug-likeness (QED) is 0.884. The highest BCUT2D eigenvalue weighted by Gasteiger charge is 2.31. The summed E-state index contributed by atoms with van der Waals surface area (Å²) >= 11 is 9.86. The van der Waals surface area contributed by atoms with Crippen LogP contribution in [0, 0.1) is 5.92 Å². The third-order valence-electron chi connectivity index (χ3n) is 3.94. The Hall–Kier alpha value is -0.0900. The van der Waals surface area contributed by atoms with E-state index >= 15 is 0 Å². The second kappa shape index (κ2) is 7.07. The van der Waals surface area contributed by atoms with Gasteiger partial charge >= 0.3 is 0 Å². The van der Waals surface area contributed by atoms with E-state index in [1.165, 1.54) is 18.4 Å². The van der Waals surface area contributed by atoms with Crippen LogP contribution in [0.5, 0.6) is 0 Å². The van der Waals surface area contributed by atoms with Crippen molar-refractivity contribution in [3.8, 4) is 0 Å². The highest BCUT2D eigenvalue weighted by molar-refractivity contribution is 9.10. The summed E-state index contributed by atoms with van der Waals surface area (Å²) in [7, 11) is 2.22. The topological polar surface area (TPSA) is 15.3 Å². The van der Waals surface area contributed by atoms with Crippen LogP contribution in [0.4, 0.5) is 0 Å². The molecule has 1 heterocycles. The van der Waals surface area contributed by atoms with Gasteiger partial charge in [0, 0.05) is 15.5 Å². The molecule has 19 heavy (non-hydrogen) atoms. The lowest BCUT2D eigenvalue weighted by molar-refractivity contribution is 0.119. The van der Waals surface area contributed by atoms with Crippen molar-refractivity contribution in [1.29, 1.82) is 0 Å². The van der Waals surface area contributed by atoms with E-state index in [1.807, 2.05) is 6.07 Å². The molecule has 0 spiro atoms. The summed E-state index contributed by atoms with van der Waals surface area (Å²) in [6.07, 6.45) is 2.56.